The lowest BCUT2D eigenvalue weighted by atomic mass is 10.1. The number of imidazole rings is 1. The molecule has 1 atom stereocenters. The Hall–Kier alpha value is -1.07. The van der Waals surface area contributed by atoms with E-state index in [1.165, 1.54) is 5.69 Å². The molecule has 1 N–H and O–H groups in total. The maximum Gasteiger partial charge on any atom is 0.195 e. The van der Waals surface area contributed by atoms with Crippen molar-refractivity contribution in [2.75, 3.05) is 18.5 Å². The van der Waals surface area contributed by atoms with Crippen LogP contribution in [0.25, 0.3) is 4.96 Å². The Kier molecular flexibility index (Phi) is 5.05. The van der Waals surface area contributed by atoms with E-state index >= 15 is 0 Å². The molecule has 0 amide bonds. The molecule has 0 aliphatic carbocycles. The Labute approximate surface area is 125 Å². The summed E-state index contributed by atoms with van der Waals surface area (Å²) in [6.07, 6.45) is 3.27. The van der Waals surface area contributed by atoms with E-state index in [9.17, 15) is 0 Å². The van der Waals surface area contributed by atoms with Gasteiger partial charge in [-0.3, -0.25) is 4.40 Å². The van der Waals surface area contributed by atoms with Crippen molar-refractivity contribution in [1.82, 2.24) is 14.7 Å². The van der Waals surface area contributed by atoms with Crippen LogP contribution in [0.1, 0.15) is 39.8 Å². The van der Waals surface area contributed by atoms with Gasteiger partial charge in [-0.15, -0.1) is 11.3 Å². The van der Waals surface area contributed by atoms with Crippen LogP contribution in [0, 0.1) is 5.92 Å². The largest absolute Gasteiger partial charge is 0.355 e. The molecular weight excluding hydrogens is 268 g/mol. The van der Waals surface area contributed by atoms with Gasteiger partial charge in [0.1, 0.15) is 0 Å². The second kappa shape index (κ2) is 6.59. The molecule has 0 aliphatic rings. The Balaban J connectivity index is 2.31. The van der Waals surface area contributed by atoms with Gasteiger partial charge in [0.2, 0.25) is 0 Å². The van der Waals surface area contributed by atoms with Crippen molar-refractivity contribution in [1.29, 1.82) is 0 Å². The van der Waals surface area contributed by atoms with Gasteiger partial charge in [0.25, 0.3) is 0 Å². The molecule has 0 aromatic carbocycles. The molecular formula is C15H26N4S. The molecule has 112 valence electrons. The minimum absolute atomic E-state index is 0.476. The van der Waals surface area contributed by atoms with Crippen LogP contribution in [0.3, 0.4) is 0 Å². The normalized spacial score (nSPS) is 13.3. The topological polar surface area (TPSA) is 32.6 Å². The molecule has 20 heavy (non-hydrogen) atoms. The average molecular weight is 294 g/mol. The Morgan fingerprint density at radius 3 is 2.80 bits per heavy atom. The predicted molar refractivity (Wildman–Crippen MR) is 87.8 cm³/mol. The first kappa shape index (κ1) is 15.3. The van der Waals surface area contributed by atoms with Crippen molar-refractivity contribution in [2.24, 2.45) is 5.92 Å². The predicted octanol–water partition coefficient (Wildman–Crippen LogP) is 3.38. The summed E-state index contributed by atoms with van der Waals surface area (Å²) >= 11 is 1.70. The fraction of sp³-hybridized carbons (Fsp3) is 0.667. The monoisotopic (exact) mass is 294 g/mol. The molecule has 5 heteroatoms. The minimum Gasteiger partial charge on any atom is -0.355 e. The Morgan fingerprint density at radius 1 is 1.40 bits per heavy atom. The molecule has 4 nitrogen and oxygen atoms in total. The lowest BCUT2D eigenvalue weighted by Crippen LogP contribution is -2.34. The van der Waals surface area contributed by atoms with Gasteiger partial charge in [0, 0.05) is 31.2 Å². The standard InChI is InChI=1S/C15H26N4S/c1-6-7-16-10-13-14(18(5)12(4)11(2)3)17-15-19(13)8-9-20-15/h8-9,11-12,16H,6-7,10H2,1-5H3. The van der Waals surface area contributed by atoms with E-state index in [0.717, 1.165) is 30.3 Å². The maximum absolute atomic E-state index is 4.82. The van der Waals surface area contributed by atoms with E-state index in [4.69, 9.17) is 4.98 Å². The van der Waals surface area contributed by atoms with Crippen LogP contribution in [0.2, 0.25) is 0 Å². The van der Waals surface area contributed by atoms with E-state index in [2.05, 4.69) is 60.9 Å². The van der Waals surface area contributed by atoms with Crippen molar-refractivity contribution < 1.29 is 0 Å². The van der Waals surface area contributed by atoms with Crippen LogP contribution in [0.15, 0.2) is 11.6 Å². The van der Waals surface area contributed by atoms with E-state index in [-0.39, 0.29) is 0 Å². The van der Waals surface area contributed by atoms with Crippen LogP contribution in [-0.2, 0) is 6.54 Å². The Bertz CT molecular complexity index is 543. The highest BCUT2D eigenvalue weighted by molar-refractivity contribution is 7.15. The second-order valence-corrected chi connectivity index (χ2v) is 6.58. The third kappa shape index (κ3) is 2.99. The summed E-state index contributed by atoms with van der Waals surface area (Å²) in [6.45, 7) is 10.9. The lowest BCUT2D eigenvalue weighted by molar-refractivity contribution is 0.501. The highest BCUT2D eigenvalue weighted by atomic mass is 32.1. The van der Waals surface area contributed by atoms with Crippen LogP contribution < -0.4 is 10.2 Å². The molecule has 0 bridgehead atoms. The number of aromatic nitrogens is 2. The molecule has 2 aromatic heterocycles. The highest BCUT2D eigenvalue weighted by Gasteiger charge is 2.21. The van der Waals surface area contributed by atoms with Crippen LogP contribution in [-0.4, -0.2) is 29.0 Å². The SMILES string of the molecule is CCCNCc1c(N(C)C(C)C(C)C)nc2sccn12. The van der Waals surface area contributed by atoms with Gasteiger partial charge in [-0.1, -0.05) is 20.8 Å². The van der Waals surface area contributed by atoms with Crippen molar-refractivity contribution in [3.05, 3.63) is 17.3 Å². The quantitative estimate of drug-likeness (QED) is 0.795. The first-order valence-electron chi connectivity index (χ1n) is 7.44. The first-order valence-corrected chi connectivity index (χ1v) is 8.32. The van der Waals surface area contributed by atoms with Gasteiger partial charge >= 0.3 is 0 Å². The number of fused-ring (bicyclic) bond motifs is 1. The van der Waals surface area contributed by atoms with E-state index in [0.29, 0.717) is 12.0 Å². The number of hydrogen-bond acceptors (Lipinski definition) is 4. The summed E-state index contributed by atoms with van der Waals surface area (Å²) < 4.78 is 2.21. The van der Waals surface area contributed by atoms with E-state index < -0.39 is 0 Å². The molecule has 2 rings (SSSR count). The van der Waals surface area contributed by atoms with Gasteiger partial charge in [0.05, 0.1) is 5.69 Å². The zero-order valence-corrected chi connectivity index (χ0v) is 14.0. The number of nitrogens with one attached hydrogen (secondary N) is 1. The minimum atomic E-state index is 0.476. The van der Waals surface area contributed by atoms with Crippen LogP contribution in [0.5, 0.6) is 0 Å². The second-order valence-electron chi connectivity index (χ2n) is 5.71. The van der Waals surface area contributed by atoms with Gasteiger partial charge in [0.15, 0.2) is 10.8 Å². The molecule has 2 aromatic rings. The Morgan fingerprint density at radius 2 is 2.15 bits per heavy atom. The summed E-state index contributed by atoms with van der Waals surface area (Å²) in [5.41, 5.74) is 1.27. The number of rotatable bonds is 7. The van der Waals surface area contributed by atoms with E-state index in [1.54, 1.807) is 11.3 Å². The summed E-state index contributed by atoms with van der Waals surface area (Å²) in [7, 11) is 2.15. The van der Waals surface area contributed by atoms with Gasteiger partial charge in [-0.25, -0.2) is 4.98 Å². The van der Waals surface area contributed by atoms with E-state index in [1.807, 2.05) is 0 Å². The molecule has 0 aliphatic heterocycles. The third-order valence-electron chi connectivity index (χ3n) is 3.97. The van der Waals surface area contributed by atoms with Crippen LogP contribution >= 0.6 is 11.3 Å². The number of nitrogens with zero attached hydrogens (tertiary/aromatic N) is 3. The van der Waals surface area contributed by atoms with Gasteiger partial charge in [-0.05, 0) is 25.8 Å². The molecule has 0 spiro atoms. The summed E-state index contributed by atoms with van der Waals surface area (Å²) in [6, 6.07) is 0.476. The lowest BCUT2D eigenvalue weighted by Gasteiger charge is -2.29. The first-order chi connectivity index (χ1) is 9.56. The fourth-order valence-electron chi connectivity index (χ4n) is 2.29. The molecule has 0 saturated heterocycles. The number of hydrogen-bond donors (Lipinski definition) is 1. The van der Waals surface area contributed by atoms with Crippen molar-refractivity contribution >= 4 is 22.1 Å². The summed E-state index contributed by atoms with van der Waals surface area (Å²) in [5, 5.41) is 5.60. The summed E-state index contributed by atoms with van der Waals surface area (Å²) in [5.74, 6) is 1.72. The average Bonchev–Trinajstić information content (AvgIpc) is 2.99. The molecule has 2 heterocycles. The summed E-state index contributed by atoms with van der Waals surface area (Å²) in [4.78, 5) is 8.21. The molecule has 0 fully saturated rings. The number of anilines is 1. The maximum atomic E-state index is 4.82. The van der Waals surface area contributed by atoms with Crippen molar-refractivity contribution in [2.45, 2.75) is 46.7 Å². The molecule has 0 saturated carbocycles. The highest BCUT2D eigenvalue weighted by Crippen LogP contribution is 2.26. The third-order valence-corrected chi connectivity index (χ3v) is 4.73. The van der Waals surface area contributed by atoms with Crippen molar-refractivity contribution in [3.8, 4) is 0 Å². The zero-order valence-electron chi connectivity index (χ0n) is 13.2. The molecule has 1 unspecified atom stereocenters. The zero-order chi connectivity index (χ0) is 14.7. The van der Waals surface area contributed by atoms with Crippen molar-refractivity contribution in [3.63, 3.8) is 0 Å². The number of thiazole rings is 1. The van der Waals surface area contributed by atoms with Gasteiger partial charge < -0.3 is 10.2 Å². The molecule has 0 radical (unpaired) electrons. The fourth-order valence-corrected chi connectivity index (χ4v) is 3.02. The van der Waals surface area contributed by atoms with Crippen LogP contribution in [0.4, 0.5) is 5.82 Å². The van der Waals surface area contributed by atoms with Gasteiger partial charge in [-0.2, -0.15) is 0 Å². The smallest absolute Gasteiger partial charge is 0.195 e.